The number of piperazine rings is 1. The SMILES string of the molecule is CCc1ccc(F)c([C@H](C)N2CCN(C)CC2)c1. The van der Waals surface area contributed by atoms with Crippen LogP contribution in [0.4, 0.5) is 4.39 Å². The Hall–Kier alpha value is -0.930. The number of hydrogen-bond acceptors (Lipinski definition) is 2. The molecule has 0 spiro atoms. The van der Waals surface area contributed by atoms with Crippen LogP contribution in [0.2, 0.25) is 0 Å². The summed E-state index contributed by atoms with van der Waals surface area (Å²) in [6.07, 6.45) is 0.961. The Balaban J connectivity index is 2.14. The Labute approximate surface area is 109 Å². The van der Waals surface area contributed by atoms with E-state index in [2.05, 4.69) is 30.7 Å². The molecule has 100 valence electrons. The lowest BCUT2D eigenvalue weighted by molar-refractivity contribution is 0.117. The summed E-state index contributed by atoms with van der Waals surface area (Å²) in [6.45, 7) is 8.40. The second-order valence-corrected chi connectivity index (χ2v) is 5.22. The molecule has 2 rings (SSSR count). The zero-order chi connectivity index (χ0) is 13.1. The van der Waals surface area contributed by atoms with Gasteiger partial charge in [0.2, 0.25) is 0 Å². The number of halogens is 1. The number of aryl methyl sites for hydroxylation is 1. The first-order valence-corrected chi connectivity index (χ1v) is 6.82. The topological polar surface area (TPSA) is 6.48 Å². The molecule has 1 saturated heterocycles. The van der Waals surface area contributed by atoms with Crippen molar-refractivity contribution in [1.82, 2.24) is 9.80 Å². The van der Waals surface area contributed by atoms with Crippen LogP contribution in [0.15, 0.2) is 18.2 Å². The van der Waals surface area contributed by atoms with Gasteiger partial charge in [-0.3, -0.25) is 4.90 Å². The number of hydrogen-bond donors (Lipinski definition) is 0. The summed E-state index contributed by atoms with van der Waals surface area (Å²) >= 11 is 0. The van der Waals surface area contributed by atoms with Crippen LogP contribution in [0.3, 0.4) is 0 Å². The summed E-state index contributed by atoms with van der Waals surface area (Å²) in [6, 6.07) is 5.69. The van der Waals surface area contributed by atoms with Crippen LogP contribution in [0.25, 0.3) is 0 Å². The second-order valence-electron chi connectivity index (χ2n) is 5.22. The van der Waals surface area contributed by atoms with E-state index in [0.29, 0.717) is 0 Å². The fraction of sp³-hybridized carbons (Fsp3) is 0.600. The highest BCUT2D eigenvalue weighted by atomic mass is 19.1. The highest BCUT2D eigenvalue weighted by molar-refractivity contribution is 5.27. The van der Waals surface area contributed by atoms with Crippen molar-refractivity contribution in [2.24, 2.45) is 0 Å². The Morgan fingerprint density at radius 1 is 1.22 bits per heavy atom. The van der Waals surface area contributed by atoms with E-state index in [1.165, 1.54) is 5.56 Å². The number of benzene rings is 1. The van der Waals surface area contributed by atoms with E-state index in [1.807, 2.05) is 12.1 Å². The zero-order valence-corrected chi connectivity index (χ0v) is 11.6. The predicted molar refractivity (Wildman–Crippen MR) is 73.3 cm³/mol. The van der Waals surface area contributed by atoms with Crippen LogP contribution >= 0.6 is 0 Å². The second kappa shape index (κ2) is 5.81. The molecular formula is C15H23FN2. The van der Waals surface area contributed by atoms with Crippen molar-refractivity contribution in [1.29, 1.82) is 0 Å². The standard InChI is InChI=1S/C15H23FN2/c1-4-13-5-6-15(16)14(11-13)12(2)18-9-7-17(3)8-10-18/h5-6,11-12H,4,7-10H2,1-3H3/t12-/m0/s1. The fourth-order valence-electron chi connectivity index (χ4n) is 2.54. The molecule has 1 atom stereocenters. The van der Waals surface area contributed by atoms with Gasteiger partial charge >= 0.3 is 0 Å². The minimum absolute atomic E-state index is 0.0707. The van der Waals surface area contributed by atoms with Crippen molar-refractivity contribution in [2.75, 3.05) is 33.2 Å². The number of nitrogens with zero attached hydrogens (tertiary/aromatic N) is 2. The third-order valence-electron chi connectivity index (χ3n) is 4.00. The van der Waals surface area contributed by atoms with Gasteiger partial charge in [-0.1, -0.05) is 19.1 Å². The lowest BCUT2D eigenvalue weighted by atomic mass is 10.0. The molecule has 0 aliphatic carbocycles. The summed E-state index contributed by atoms with van der Waals surface area (Å²) < 4.78 is 14.0. The van der Waals surface area contributed by atoms with Gasteiger partial charge in [-0.05, 0) is 32.0 Å². The van der Waals surface area contributed by atoms with Crippen LogP contribution in [-0.2, 0) is 6.42 Å². The molecule has 1 aromatic rings. The van der Waals surface area contributed by atoms with Gasteiger partial charge in [0.05, 0.1) is 0 Å². The molecule has 0 aromatic heterocycles. The highest BCUT2D eigenvalue weighted by Crippen LogP contribution is 2.25. The van der Waals surface area contributed by atoms with Crippen LogP contribution in [-0.4, -0.2) is 43.0 Å². The number of likely N-dealkylation sites (N-methyl/N-ethyl adjacent to an activating group) is 1. The van der Waals surface area contributed by atoms with Crippen molar-refractivity contribution in [3.63, 3.8) is 0 Å². The monoisotopic (exact) mass is 250 g/mol. The van der Waals surface area contributed by atoms with E-state index < -0.39 is 0 Å². The van der Waals surface area contributed by atoms with Gasteiger partial charge in [-0.15, -0.1) is 0 Å². The molecule has 1 heterocycles. The Kier molecular flexibility index (Phi) is 4.36. The van der Waals surface area contributed by atoms with E-state index in [0.717, 1.165) is 38.2 Å². The summed E-state index contributed by atoms with van der Waals surface area (Å²) in [4.78, 5) is 4.69. The summed E-state index contributed by atoms with van der Waals surface area (Å²) in [7, 11) is 2.14. The van der Waals surface area contributed by atoms with Crippen molar-refractivity contribution in [3.05, 3.63) is 35.1 Å². The Morgan fingerprint density at radius 2 is 1.89 bits per heavy atom. The van der Waals surface area contributed by atoms with E-state index in [9.17, 15) is 4.39 Å². The molecule has 0 amide bonds. The predicted octanol–water partition coefficient (Wildman–Crippen LogP) is 2.70. The molecule has 1 aliphatic rings. The maximum absolute atomic E-state index is 14.0. The normalized spacial score (nSPS) is 20.0. The Bertz CT molecular complexity index is 397. The summed E-state index contributed by atoms with van der Waals surface area (Å²) in [5.74, 6) is -0.0707. The quantitative estimate of drug-likeness (QED) is 0.814. The average Bonchev–Trinajstić information content (AvgIpc) is 2.39. The van der Waals surface area contributed by atoms with Crippen LogP contribution < -0.4 is 0 Å². The molecule has 0 N–H and O–H groups in total. The first kappa shape index (κ1) is 13.5. The highest BCUT2D eigenvalue weighted by Gasteiger charge is 2.22. The van der Waals surface area contributed by atoms with E-state index >= 15 is 0 Å². The molecule has 0 bridgehead atoms. The minimum atomic E-state index is -0.0707. The van der Waals surface area contributed by atoms with E-state index in [-0.39, 0.29) is 11.9 Å². The van der Waals surface area contributed by atoms with Crippen molar-refractivity contribution in [3.8, 4) is 0 Å². The van der Waals surface area contributed by atoms with Gasteiger partial charge in [0.1, 0.15) is 5.82 Å². The van der Waals surface area contributed by atoms with Crippen molar-refractivity contribution >= 4 is 0 Å². The third kappa shape index (κ3) is 2.90. The largest absolute Gasteiger partial charge is 0.304 e. The van der Waals surface area contributed by atoms with Gasteiger partial charge < -0.3 is 4.90 Å². The minimum Gasteiger partial charge on any atom is -0.304 e. The number of rotatable bonds is 3. The van der Waals surface area contributed by atoms with Gasteiger partial charge in [-0.25, -0.2) is 4.39 Å². The third-order valence-corrected chi connectivity index (χ3v) is 4.00. The first-order valence-electron chi connectivity index (χ1n) is 6.82. The van der Waals surface area contributed by atoms with Gasteiger partial charge in [0, 0.05) is 37.8 Å². The summed E-state index contributed by atoms with van der Waals surface area (Å²) in [5, 5.41) is 0. The van der Waals surface area contributed by atoms with Crippen molar-refractivity contribution < 1.29 is 4.39 Å². The lowest BCUT2D eigenvalue weighted by Gasteiger charge is -2.36. The fourth-order valence-corrected chi connectivity index (χ4v) is 2.54. The maximum Gasteiger partial charge on any atom is 0.127 e. The molecule has 1 fully saturated rings. The van der Waals surface area contributed by atoms with E-state index in [4.69, 9.17) is 0 Å². The molecule has 1 aliphatic heterocycles. The first-order chi connectivity index (χ1) is 8.61. The zero-order valence-electron chi connectivity index (χ0n) is 11.6. The van der Waals surface area contributed by atoms with Crippen molar-refractivity contribution in [2.45, 2.75) is 26.3 Å². The van der Waals surface area contributed by atoms with Gasteiger partial charge in [0.25, 0.3) is 0 Å². The van der Waals surface area contributed by atoms with Crippen LogP contribution in [0.5, 0.6) is 0 Å². The molecule has 0 unspecified atom stereocenters. The molecule has 1 aromatic carbocycles. The molecule has 2 nitrogen and oxygen atoms in total. The maximum atomic E-state index is 14.0. The van der Waals surface area contributed by atoms with E-state index in [1.54, 1.807) is 6.07 Å². The lowest BCUT2D eigenvalue weighted by Crippen LogP contribution is -2.45. The molecule has 0 radical (unpaired) electrons. The molecule has 18 heavy (non-hydrogen) atoms. The molecule has 3 heteroatoms. The molecular weight excluding hydrogens is 227 g/mol. The van der Waals surface area contributed by atoms with Crippen LogP contribution in [0, 0.1) is 5.82 Å². The smallest absolute Gasteiger partial charge is 0.127 e. The van der Waals surface area contributed by atoms with Crippen LogP contribution in [0.1, 0.15) is 31.0 Å². The summed E-state index contributed by atoms with van der Waals surface area (Å²) in [5.41, 5.74) is 2.06. The van der Waals surface area contributed by atoms with Gasteiger partial charge in [-0.2, -0.15) is 0 Å². The van der Waals surface area contributed by atoms with Gasteiger partial charge in [0.15, 0.2) is 0 Å². The Morgan fingerprint density at radius 3 is 2.50 bits per heavy atom. The molecule has 0 saturated carbocycles. The average molecular weight is 250 g/mol.